The average molecular weight is 308 g/mol. The van der Waals surface area contributed by atoms with Gasteiger partial charge in [0.2, 0.25) is 0 Å². The van der Waals surface area contributed by atoms with Gasteiger partial charge >= 0.3 is 0 Å². The Bertz CT molecular complexity index is 459. The zero-order valence-electron chi connectivity index (χ0n) is 13.6. The van der Waals surface area contributed by atoms with Crippen LogP contribution in [-0.4, -0.2) is 65.8 Å². The van der Waals surface area contributed by atoms with Crippen molar-refractivity contribution in [3.63, 3.8) is 0 Å². The molecule has 0 aromatic carbocycles. The number of aromatic nitrogens is 2. The van der Waals surface area contributed by atoms with Crippen molar-refractivity contribution in [1.82, 2.24) is 14.9 Å². The molecule has 1 aromatic heterocycles. The van der Waals surface area contributed by atoms with Crippen LogP contribution in [0.1, 0.15) is 20.3 Å². The number of rotatable bonds is 7. The molecule has 7 heteroatoms. The summed E-state index contributed by atoms with van der Waals surface area (Å²) in [6.07, 6.45) is 2.65. The van der Waals surface area contributed by atoms with E-state index >= 15 is 0 Å². The number of nitrogens with zero attached hydrogens (tertiary/aromatic N) is 4. The molecule has 0 unspecified atom stereocenters. The molecule has 1 aliphatic heterocycles. The first kappa shape index (κ1) is 16.8. The molecular weight excluding hydrogens is 280 g/mol. The first-order valence-corrected chi connectivity index (χ1v) is 8.04. The quantitative estimate of drug-likeness (QED) is 0.680. The fraction of sp³-hybridized carbons (Fsp3) is 0.733. The molecule has 124 valence electrons. The number of nitrogens with two attached hydrogens (primary N) is 1. The molecule has 0 atom stereocenters. The van der Waals surface area contributed by atoms with Crippen LogP contribution in [0.4, 0.5) is 17.3 Å². The Labute approximate surface area is 132 Å². The van der Waals surface area contributed by atoms with E-state index in [4.69, 9.17) is 10.8 Å². The highest BCUT2D eigenvalue weighted by molar-refractivity contribution is 5.74. The smallest absolute Gasteiger partial charge is 0.157 e. The molecule has 2 rings (SSSR count). The van der Waals surface area contributed by atoms with Crippen LogP contribution in [0, 0.1) is 5.92 Å². The summed E-state index contributed by atoms with van der Waals surface area (Å²) in [6, 6.07) is 0. The van der Waals surface area contributed by atoms with Gasteiger partial charge in [-0.3, -0.25) is 4.90 Å². The van der Waals surface area contributed by atoms with E-state index in [0.717, 1.165) is 57.3 Å². The lowest BCUT2D eigenvalue weighted by Gasteiger charge is -2.35. The van der Waals surface area contributed by atoms with Crippen molar-refractivity contribution >= 4 is 17.3 Å². The van der Waals surface area contributed by atoms with Crippen molar-refractivity contribution in [2.24, 2.45) is 5.92 Å². The van der Waals surface area contributed by atoms with Crippen molar-refractivity contribution in [1.29, 1.82) is 0 Å². The van der Waals surface area contributed by atoms with Gasteiger partial charge in [-0.2, -0.15) is 0 Å². The van der Waals surface area contributed by atoms with E-state index in [-0.39, 0.29) is 6.61 Å². The number of hydrogen-bond donors (Lipinski definition) is 3. The van der Waals surface area contributed by atoms with Gasteiger partial charge in [0.05, 0.1) is 6.61 Å². The summed E-state index contributed by atoms with van der Waals surface area (Å²) in [4.78, 5) is 13.1. The lowest BCUT2D eigenvalue weighted by molar-refractivity contribution is 0.188. The minimum absolute atomic E-state index is 0.208. The summed E-state index contributed by atoms with van der Waals surface area (Å²) in [5.41, 5.74) is 6.87. The molecule has 2 heterocycles. The molecule has 0 radical (unpaired) electrons. The van der Waals surface area contributed by atoms with Gasteiger partial charge < -0.3 is 21.1 Å². The molecule has 1 fully saturated rings. The minimum Gasteiger partial charge on any atom is -0.395 e. The van der Waals surface area contributed by atoms with Gasteiger partial charge in [-0.05, 0) is 12.3 Å². The third kappa shape index (κ3) is 4.45. The molecule has 22 heavy (non-hydrogen) atoms. The van der Waals surface area contributed by atoms with Crippen molar-refractivity contribution in [2.45, 2.75) is 20.3 Å². The number of β-amino-alcohol motifs (C(OH)–C–C–N with tert-alkyl or cyclic N) is 1. The first-order chi connectivity index (χ1) is 10.6. The number of anilines is 3. The Morgan fingerprint density at radius 1 is 1.27 bits per heavy atom. The average Bonchev–Trinajstić information content (AvgIpc) is 2.50. The SMILES string of the molecule is CC(C)CCNc1ncnc(N2CCN(CCO)CC2)c1N. The van der Waals surface area contributed by atoms with Crippen molar-refractivity contribution < 1.29 is 5.11 Å². The van der Waals surface area contributed by atoms with Gasteiger partial charge in [-0.25, -0.2) is 9.97 Å². The van der Waals surface area contributed by atoms with Crippen LogP contribution in [0.3, 0.4) is 0 Å². The summed E-state index contributed by atoms with van der Waals surface area (Å²) in [7, 11) is 0. The third-order valence-corrected chi connectivity index (χ3v) is 3.97. The minimum atomic E-state index is 0.208. The Morgan fingerprint density at radius 2 is 2.00 bits per heavy atom. The van der Waals surface area contributed by atoms with E-state index < -0.39 is 0 Å². The van der Waals surface area contributed by atoms with Crippen molar-refractivity contribution in [3.05, 3.63) is 6.33 Å². The van der Waals surface area contributed by atoms with Crippen molar-refractivity contribution in [3.8, 4) is 0 Å². The summed E-state index contributed by atoms with van der Waals surface area (Å²) in [6.45, 7) is 9.77. The Balaban J connectivity index is 1.97. The second-order valence-corrected chi connectivity index (χ2v) is 6.12. The van der Waals surface area contributed by atoms with Crippen LogP contribution in [0.25, 0.3) is 0 Å². The second-order valence-electron chi connectivity index (χ2n) is 6.12. The first-order valence-electron chi connectivity index (χ1n) is 8.04. The number of hydrogen-bond acceptors (Lipinski definition) is 7. The maximum Gasteiger partial charge on any atom is 0.157 e. The molecule has 1 aliphatic rings. The highest BCUT2D eigenvalue weighted by Gasteiger charge is 2.20. The van der Waals surface area contributed by atoms with Gasteiger partial charge in [-0.15, -0.1) is 0 Å². The van der Waals surface area contributed by atoms with Crippen LogP contribution in [0.2, 0.25) is 0 Å². The zero-order valence-corrected chi connectivity index (χ0v) is 13.6. The van der Waals surface area contributed by atoms with E-state index in [1.54, 1.807) is 6.33 Å². The normalized spacial score (nSPS) is 16.3. The van der Waals surface area contributed by atoms with E-state index in [9.17, 15) is 0 Å². The van der Waals surface area contributed by atoms with Gasteiger partial charge in [0.25, 0.3) is 0 Å². The molecule has 1 saturated heterocycles. The lowest BCUT2D eigenvalue weighted by atomic mass is 10.1. The third-order valence-electron chi connectivity index (χ3n) is 3.97. The highest BCUT2D eigenvalue weighted by atomic mass is 16.3. The molecule has 0 saturated carbocycles. The van der Waals surface area contributed by atoms with Crippen LogP contribution in [-0.2, 0) is 0 Å². The maximum atomic E-state index is 9.00. The van der Waals surface area contributed by atoms with Crippen LogP contribution in [0.5, 0.6) is 0 Å². The van der Waals surface area contributed by atoms with Gasteiger partial charge in [0.15, 0.2) is 11.6 Å². The summed E-state index contributed by atoms with van der Waals surface area (Å²) < 4.78 is 0. The topological polar surface area (TPSA) is 90.5 Å². The van der Waals surface area contributed by atoms with E-state index in [1.807, 2.05) is 0 Å². The van der Waals surface area contributed by atoms with Gasteiger partial charge in [0, 0.05) is 39.3 Å². The molecule has 4 N–H and O–H groups in total. The highest BCUT2D eigenvalue weighted by Crippen LogP contribution is 2.26. The number of aliphatic hydroxyl groups excluding tert-OH is 1. The predicted octanol–water partition coefficient (Wildman–Crippen LogP) is 0.631. The Kier molecular flexibility index (Phi) is 6.21. The summed E-state index contributed by atoms with van der Waals surface area (Å²) in [5, 5.41) is 12.3. The van der Waals surface area contributed by atoms with E-state index in [1.165, 1.54) is 0 Å². The number of aliphatic hydroxyl groups is 1. The largest absolute Gasteiger partial charge is 0.395 e. The Hall–Kier alpha value is -1.60. The standard InChI is InChI=1S/C15H28N6O/c1-12(2)3-4-17-14-13(16)15(19-11-18-14)21-7-5-20(6-8-21)9-10-22/h11-12,22H,3-10,16H2,1-2H3,(H,17,18,19). The number of piperazine rings is 1. The molecule has 0 bridgehead atoms. The molecule has 0 aliphatic carbocycles. The second kappa shape index (κ2) is 8.14. The fourth-order valence-corrected chi connectivity index (χ4v) is 2.58. The van der Waals surface area contributed by atoms with Gasteiger partial charge in [-0.1, -0.05) is 13.8 Å². The van der Waals surface area contributed by atoms with Gasteiger partial charge in [0.1, 0.15) is 12.0 Å². The van der Waals surface area contributed by atoms with Crippen LogP contribution >= 0.6 is 0 Å². The molecule has 1 aromatic rings. The fourth-order valence-electron chi connectivity index (χ4n) is 2.58. The summed E-state index contributed by atoms with van der Waals surface area (Å²) >= 11 is 0. The number of nitrogen functional groups attached to an aromatic ring is 1. The van der Waals surface area contributed by atoms with E-state index in [2.05, 4.69) is 38.9 Å². The zero-order chi connectivity index (χ0) is 15.9. The molecule has 7 nitrogen and oxygen atoms in total. The van der Waals surface area contributed by atoms with Crippen LogP contribution in [0.15, 0.2) is 6.33 Å². The molecule has 0 spiro atoms. The number of nitrogens with one attached hydrogen (secondary N) is 1. The van der Waals surface area contributed by atoms with Crippen molar-refractivity contribution in [2.75, 3.05) is 61.8 Å². The predicted molar refractivity (Wildman–Crippen MR) is 90.1 cm³/mol. The maximum absolute atomic E-state index is 9.00. The lowest BCUT2D eigenvalue weighted by Crippen LogP contribution is -2.47. The molecule has 0 amide bonds. The Morgan fingerprint density at radius 3 is 2.64 bits per heavy atom. The summed E-state index contributed by atoms with van der Waals surface area (Å²) in [5.74, 6) is 2.18. The molecular formula is C15H28N6O. The van der Waals surface area contributed by atoms with E-state index in [0.29, 0.717) is 11.6 Å². The van der Waals surface area contributed by atoms with Crippen LogP contribution < -0.4 is 16.0 Å². The monoisotopic (exact) mass is 308 g/mol.